The van der Waals surface area contributed by atoms with E-state index in [4.69, 9.17) is 9.73 Å². The van der Waals surface area contributed by atoms with Crippen molar-refractivity contribution in [3.63, 3.8) is 0 Å². The van der Waals surface area contributed by atoms with E-state index in [-0.39, 0.29) is 35.9 Å². The Morgan fingerprint density at radius 3 is 2.65 bits per heavy atom. The van der Waals surface area contributed by atoms with E-state index in [0.717, 1.165) is 44.7 Å². The van der Waals surface area contributed by atoms with E-state index in [9.17, 15) is 4.79 Å². The number of hydrogen-bond acceptors (Lipinski definition) is 4. The summed E-state index contributed by atoms with van der Waals surface area (Å²) in [5, 5.41) is 8.99. The third-order valence-electron chi connectivity index (χ3n) is 4.58. The Kier molecular flexibility index (Phi) is 11.2. The first kappa shape index (κ1) is 23.2. The molecule has 0 spiro atoms. The fourth-order valence-corrected chi connectivity index (χ4v) is 3.92. The van der Waals surface area contributed by atoms with Crippen LogP contribution in [0.3, 0.4) is 0 Å². The summed E-state index contributed by atoms with van der Waals surface area (Å²) in [5.74, 6) is 1.34. The molecule has 26 heavy (non-hydrogen) atoms. The van der Waals surface area contributed by atoms with Crippen LogP contribution >= 0.6 is 35.3 Å². The Bertz CT molecular complexity index is 543. The fourth-order valence-electron chi connectivity index (χ4n) is 3.14. The van der Waals surface area contributed by atoms with Crippen molar-refractivity contribution in [2.24, 2.45) is 10.9 Å². The molecule has 5 nitrogen and oxygen atoms in total. The number of thiophene rings is 1. The fraction of sp³-hybridized carbons (Fsp3) is 0.684. The van der Waals surface area contributed by atoms with Gasteiger partial charge in [0.2, 0.25) is 0 Å². The lowest BCUT2D eigenvalue weighted by Crippen LogP contribution is -2.45. The molecule has 1 heterocycles. The first-order chi connectivity index (χ1) is 12.1. The second-order valence-electron chi connectivity index (χ2n) is 6.58. The van der Waals surface area contributed by atoms with Gasteiger partial charge in [0.05, 0.1) is 19.1 Å². The normalized spacial score (nSPS) is 21.4. The van der Waals surface area contributed by atoms with E-state index >= 15 is 0 Å². The van der Waals surface area contributed by atoms with E-state index in [1.165, 1.54) is 4.88 Å². The molecule has 0 radical (unpaired) electrons. The maximum Gasteiger partial charge on any atom is 0.308 e. The minimum absolute atomic E-state index is 0. The first-order valence-corrected chi connectivity index (χ1v) is 10.3. The summed E-state index contributed by atoms with van der Waals surface area (Å²) in [4.78, 5) is 18.0. The number of carbonyl (C=O) groups excluding carboxylic acids is 1. The summed E-state index contributed by atoms with van der Waals surface area (Å²) >= 11 is 1.78. The van der Waals surface area contributed by atoms with Gasteiger partial charge >= 0.3 is 5.97 Å². The van der Waals surface area contributed by atoms with Gasteiger partial charge in [0.1, 0.15) is 0 Å². The van der Waals surface area contributed by atoms with Crippen molar-refractivity contribution in [3.05, 3.63) is 22.4 Å². The van der Waals surface area contributed by atoms with Gasteiger partial charge in [-0.3, -0.25) is 9.79 Å². The molecule has 1 aromatic rings. The van der Waals surface area contributed by atoms with Crippen molar-refractivity contribution in [2.75, 3.05) is 19.7 Å². The van der Waals surface area contributed by atoms with Gasteiger partial charge in [0.15, 0.2) is 5.96 Å². The van der Waals surface area contributed by atoms with Crippen LogP contribution in [-0.2, 0) is 9.53 Å². The smallest absolute Gasteiger partial charge is 0.308 e. The Labute approximate surface area is 178 Å². The number of nitrogens with one attached hydrogen (secondary N) is 2. The molecule has 0 saturated heterocycles. The Hall–Kier alpha value is -0.830. The van der Waals surface area contributed by atoms with Crippen LogP contribution in [0.15, 0.2) is 22.5 Å². The first-order valence-electron chi connectivity index (χ1n) is 9.38. The van der Waals surface area contributed by atoms with E-state index < -0.39 is 0 Å². The lowest BCUT2D eigenvalue weighted by Gasteiger charge is -2.29. The molecule has 7 heteroatoms. The Balaban J connectivity index is 0.00000338. The molecule has 0 aliphatic heterocycles. The molecule has 1 aliphatic rings. The number of carbonyl (C=O) groups is 1. The molecule has 2 rings (SSSR count). The van der Waals surface area contributed by atoms with Crippen molar-refractivity contribution in [2.45, 2.75) is 58.4 Å². The predicted molar refractivity (Wildman–Crippen MR) is 120 cm³/mol. The molecule has 148 valence electrons. The summed E-state index contributed by atoms with van der Waals surface area (Å²) in [7, 11) is 0. The number of halogens is 1. The molecule has 0 bridgehead atoms. The lowest BCUT2D eigenvalue weighted by atomic mass is 9.86. The SMILES string of the molecule is CCNC(=NCC(C)c1cccs1)NC1CCC(C(=O)OCC)CC1.I. The van der Waals surface area contributed by atoms with Crippen LogP contribution in [0.4, 0.5) is 0 Å². The van der Waals surface area contributed by atoms with E-state index in [0.29, 0.717) is 18.6 Å². The van der Waals surface area contributed by atoms with Gasteiger partial charge in [0, 0.05) is 23.4 Å². The molecular weight excluding hydrogens is 461 g/mol. The summed E-state index contributed by atoms with van der Waals surface area (Å²) < 4.78 is 5.14. The monoisotopic (exact) mass is 493 g/mol. The summed E-state index contributed by atoms with van der Waals surface area (Å²) in [6.07, 6.45) is 3.74. The number of nitrogens with zero attached hydrogens (tertiary/aromatic N) is 1. The molecular formula is C19H32IN3O2S. The number of guanidine groups is 1. The zero-order valence-corrected chi connectivity index (χ0v) is 19.1. The van der Waals surface area contributed by atoms with Gasteiger partial charge in [0.25, 0.3) is 0 Å². The number of hydrogen-bond donors (Lipinski definition) is 2. The zero-order valence-electron chi connectivity index (χ0n) is 16.0. The third-order valence-corrected chi connectivity index (χ3v) is 5.69. The van der Waals surface area contributed by atoms with Crippen molar-refractivity contribution in [1.82, 2.24) is 10.6 Å². The summed E-state index contributed by atoms with van der Waals surface area (Å²) in [6, 6.07) is 4.63. The van der Waals surface area contributed by atoms with Gasteiger partial charge in [-0.25, -0.2) is 0 Å². The lowest BCUT2D eigenvalue weighted by molar-refractivity contribution is -0.149. The molecule has 1 aliphatic carbocycles. The van der Waals surface area contributed by atoms with Crippen molar-refractivity contribution >= 4 is 47.2 Å². The quantitative estimate of drug-likeness (QED) is 0.259. The van der Waals surface area contributed by atoms with E-state index in [1.54, 1.807) is 11.3 Å². The highest BCUT2D eigenvalue weighted by atomic mass is 127. The van der Waals surface area contributed by atoms with Crippen LogP contribution in [0, 0.1) is 5.92 Å². The van der Waals surface area contributed by atoms with Crippen molar-refractivity contribution < 1.29 is 9.53 Å². The average Bonchev–Trinajstić information content (AvgIpc) is 3.15. The van der Waals surface area contributed by atoms with Gasteiger partial charge in [-0.1, -0.05) is 13.0 Å². The number of aliphatic imine (C=N–C) groups is 1. The topological polar surface area (TPSA) is 62.7 Å². The molecule has 0 aromatic carbocycles. The Morgan fingerprint density at radius 2 is 2.08 bits per heavy atom. The summed E-state index contributed by atoms with van der Waals surface area (Å²) in [6.45, 7) is 8.24. The highest BCUT2D eigenvalue weighted by molar-refractivity contribution is 14.0. The standard InChI is InChI=1S/C19H31N3O2S.HI/c1-4-20-19(21-13-14(3)17-7-6-12-25-17)22-16-10-8-15(9-11-16)18(23)24-5-2;/h6-7,12,14-16H,4-5,8-11,13H2,1-3H3,(H2,20,21,22);1H. The highest BCUT2D eigenvalue weighted by Crippen LogP contribution is 2.25. The van der Waals surface area contributed by atoms with Crippen LogP contribution in [0.2, 0.25) is 0 Å². The second kappa shape index (κ2) is 12.5. The zero-order chi connectivity index (χ0) is 18.1. The van der Waals surface area contributed by atoms with E-state index in [1.807, 2.05) is 6.92 Å². The minimum atomic E-state index is -0.0358. The van der Waals surface area contributed by atoms with E-state index in [2.05, 4.69) is 42.0 Å². The van der Waals surface area contributed by atoms with Gasteiger partial charge < -0.3 is 15.4 Å². The van der Waals surface area contributed by atoms with Gasteiger partial charge in [-0.15, -0.1) is 35.3 Å². The number of esters is 1. The van der Waals surface area contributed by atoms with Gasteiger partial charge in [-0.05, 0) is 51.0 Å². The third kappa shape index (κ3) is 7.42. The minimum Gasteiger partial charge on any atom is -0.466 e. The van der Waals surface area contributed by atoms with Crippen molar-refractivity contribution in [3.8, 4) is 0 Å². The number of rotatable bonds is 7. The molecule has 1 atom stereocenters. The Morgan fingerprint density at radius 1 is 1.35 bits per heavy atom. The predicted octanol–water partition coefficient (Wildman–Crippen LogP) is 4.15. The maximum absolute atomic E-state index is 11.8. The average molecular weight is 493 g/mol. The van der Waals surface area contributed by atoms with Crippen LogP contribution in [0.5, 0.6) is 0 Å². The molecule has 1 aromatic heterocycles. The molecule has 1 unspecified atom stereocenters. The number of ether oxygens (including phenoxy) is 1. The second-order valence-corrected chi connectivity index (χ2v) is 7.56. The largest absolute Gasteiger partial charge is 0.466 e. The van der Waals surface area contributed by atoms with Crippen molar-refractivity contribution in [1.29, 1.82) is 0 Å². The molecule has 0 amide bonds. The summed E-state index contributed by atoms with van der Waals surface area (Å²) in [5.41, 5.74) is 0. The van der Waals surface area contributed by atoms with Crippen LogP contribution in [0.1, 0.15) is 57.2 Å². The molecule has 1 fully saturated rings. The van der Waals surface area contributed by atoms with Crippen LogP contribution < -0.4 is 10.6 Å². The van der Waals surface area contributed by atoms with Gasteiger partial charge in [-0.2, -0.15) is 0 Å². The van der Waals surface area contributed by atoms with Crippen LogP contribution in [0.25, 0.3) is 0 Å². The highest BCUT2D eigenvalue weighted by Gasteiger charge is 2.27. The van der Waals surface area contributed by atoms with Crippen LogP contribution in [-0.4, -0.2) is 37.7 Å². The maximum atomic E-state index is 11.8. The molecule has 1 saturated carbocycles. The molecule has 2 N–H and O–H groups in total.